The number of hydrogen-bond donors (Lipinski definition) is 2. The lowest BCUT2D eigenvalue weighted by Gasteiger charge is -2.23. The number of methoxy groups -OCH3 is 1. The molecule has 0 saturated carbocycles. The van der Waals surface area contributed by atoms with Crippen molar-refractivity contribution in [1.82, 2.24) is 4.90 Å². The van der Waals surface area contributed by atoms with Gasteiger partial charge in [0.05, 0.1) is 19.7 Å². The fourth-order valence-corrected chi connectivity index (χ4v) is 2.29. The summed E-state index contributed by atoms with van der Waals surface area (Å²) in [7, 11) is 5.73. The molecule has 2 aromatic rings. The van der Waals surface area contributed by atoms with Gasteiger partial charge in [0, 0.05) is 5.69 Å². The van der Waals surface area contributed by atoms with Crippen LogP contribution in [0.25, 0.3) is 0 Å². The maximum Gasteiger partial charge on any atom is 0.193 e. The Bertz CT molecular complexity index is 629. The molecular formula is C18H25IN4O. The number of likely N-dealkylation sites (N-methyl/N-ethyl adjacent to an activating group) is 1. The number of nitrogens with zero attached hydrogens (tertiary/aromatic N) is 2. The van der Waals surface area contributed by atoms with E-state index >= 15 is 0 Å². The molecule has 0 bridgehead atoms. The van der Waals surface area contributed by atoms with Crippen LogP contribution in [-0.2, 0) is 0 Å². The fourth-order valence-electron chi connectivity index (χ4n) is 2.29. The van der Waals surface area contributed by atoms with E-state index in [4.69, 9.17) is 10.5 Å². The highest BCUT2D eigenvalue weighted by molar-refractivity contribution is 14.0. The van der Waals surface area contributed by atoms with Gasteiger partial charge in [-0.25, -0.2) is 0 Å². The van der Waals surface area contributed by atoms with Crippen LogP contribution < -0.4 is 15.8 Å². The number of ether oxygens (including phenoxy) is 1. The maximum absolute atomic E-state index is 5.99. The summed E-state index contributed by atoms with van der Waals surface area (Å²) in [6.07, 6.45) is 0. The van der Waals surface area contributed by atoms with Gasteiger partial charge in [0.25, 0.3) is 0 Å². The van der Waals surface area contributed by atoms with Gasteiger partial charge in [-0.3, -0.25) is 4.99 Å². The van der Waals surface area contributed by atoms with Crippen LogP contribution in [0.2, 0.25) is 0 Å². The molecule has 0 aliphatic rings. The highest BCUT2D eigenvalue weighted by Gasteiger charge is 2.13. The average Bonchev–Trinajstić information content (AvgIpc) is 2.56. The van der Waals surface area contributed by atoms with E-state index in [2.05, 4.69) is 27.3 Å². The Hall–Kier alpha value is -1.80. The molecule has 3 N–H and O–H groups in total. The minimum atomic E-state index is 0. The first-order valence-electron chi connectivity index (χ1n) is 7.52. The number of benzene rings is 2. The molecule has 0 saturated heterocycles. The molecule has 0 spiro atoms. The first-order chi connectivity index (χ1) is 11.1. The molecule has 2 aromatic carbocycles. The summed E-state index contributed by atoms with van der Waals surface area (Å²) in [4.78, 5) is 6.61. The minimum absolute atomic E-state index is 0. The highest BCUT2D eigenvalue weighted by atomic mass is 127. The van der Waals surface area contributed by atoms with Crippen molar-refractivity contribution in [3.05, 3.63) is 60.2 Å². The Kier molecular flexibility index (Phi) is 8.56. The second-order valence-corrected chi connectivity index (χ2v) is 5.47. The van der Waals surface area contributed by atoms with Gasteiger partial charge in [-0.1, -0.05) is 30.3 Å². The molecule has 6 heteroatoms. The fraction of sp³-hybridized carbons (Fsp3) is 0.278. The van der Waals surface area contributed by atoms with E-state index in [1.807, 2.05) is 56.6 Å². The second-order valence-electron chi connectivity index (χ2n) is 5.47. The van der Waals surface area contributed by atoms with Gasteiger partial charge in [0.2, 0.25) is 0 Å². The van der Waals surface area contributed by atoms with Crippen LogP contribution in [-0.4, -0.2) is 38.6 Å². The van der Waals surface area contributed by atoms with Gasteiger partial charge in [0.15, 0.2) is 5.96 Å². The van der Waals surface area contributed by atoms with Crippen LogP contribution in [0.1, 0.15) is 11.6 Å². The smallest absolute Gasteiger partial charge is 0.193 e. The molecule has 0 radical (unpaired) electrons. The molecule has 0 aliphatic heterocycles. The molecule has 0 fully saturated rings. The van der Waals surface area contributed by atoms with E-state index < -0.39 is 0 Å². The van der Waals surface area contributed by atoms with Crippen LogP contribution >= 0.6 is 24.0 Å². The lowest BCUT2D eigenvalue weighted by molar-refractivity contribution is 0.306. The standard InChI is InChI=1S/C18H24N4O.HI/c1-22(2)17(14-7-5-4-6-8-14)13-20-18(19)21-15-9-11-16(23-3)12-10-15;/h4-12,17H,13H2,1-3H3,(H3,19,20,21);1H. The Morgan fingerprint density at radius 3 is 2.29 bits per heavy atom. The Morgan fingerprint density at radius 1 is 1.12 bits per heavy atom. The van der Waals surface area contributed by atoms with E-state index in [-0.39, 0.29) is 30.0 Å². The van der Waals surface area contributed by atoms with Crippen molar-refractivity contribution in [1.29, 1.82) is 0 Å². The van der Waals surface area contributed by atoms with Crippen LogP contribution in [0.3, 0.4) is 0 Å². The number of aliphatic imine (C=N–C) groups is 1. The second kappa shape index (κ2) is 10.1. The van der Waals surface area contributed by atoms with Crippen molar-refractivity contribution in [3.63, 3.8) is 0 Å². The van der Waals surface area contributed by atoms with Gasteiger partial charge in [-0.05, 0) is 43.9 Å². The van der Waals surface area contributed by atoms with Crippen LogP contribution in [0.15, 0.2) is 59.6 Å². The van der Waals surface area contributed by atoms with E-state index in [1.54, 1.807) is 7.11 Å². The number of guanidine groups is 1. The van der Waals surface area contributed by atoms with E-state index in [0.29, 0.717) is 12.5 Å². The molecule has 2 rings (SSSR count). The monoisotopic (exact) mass is 440 g/mol. The summed E-state index contributed by atoms with van der Waals surface area (Å²) in [6, 6.07) is 18.0. The van der Waals surface area contributed by atoms with E-state index in [1.165, 1.54) is 5.56 Å². The third-order valence-electron chi connectivity index (χ3n) is 3.60. The SMILES string of the molecule is COc1ccc(NC(N)=NCC(c2ccccc2)N(C)C)cc1.I. The quantitative estimate of drug-likeness (QED) is 0.411. The van der Waals surface area contributed by atoms with Crippen molar-refractivity contribution in [2.75, 3.05) is 33.1 Å². The number of anilines is 1. The lowest BCUT2D eigenvalue weighted by Crippen LogP contribution is -2.27. The number of rotatable bonds is 6. The molecule has 5 nitrogen and oxygen atoms in total. The van der Waals surface area contributed by atoms with E-state index in [9.17, 15) is 0 Å². The molecule has 0 amide bonds. The maximum atomic E-state index is 5.99. The normalized spacial score (nSPS) is 12.4. The number of halogens is 1. The Labute approximate surface area is 160 Å². The molecule has 1 atom stereocenters. The van der Waals surface area contributed by atoms with Gasteiger partial charge in [0.1, 0.15) is 5.75 Å². The summed E-state index contributed by atoms with van der Waals surface area (Å²) in [5.74, 6) is 1.21. The van der Waals surface area contributed by atoms with Crippen molar-refractivity contribution < 1.29 is 4.74 Å². The number of hydrogen-bond acceptors (Lipinski definition) is 3. The van der Waals surface area contributed by atoms with Crippen molar-refractivity contribution in [2.45, 2.75) is 6.04 Å². The summed E-state index contributed by atoms with van der Waals surface area (Å²) < 4.78 is 5.13. The first-order valence-corrected chi connectivity index (χ1v) is 7.52. The third kappa shape index (κ3) is 6.01. The molecule has 0 aromatic heterocycles. The summed E-state index contributed by atoms with van der Waals surface area (Å²) in [6.45, 7) is 0.589. The van der Waals surface area contributed by atoms with Crippen LogP contribution in [0.5, 0.6) is 5.75 Å². The minimum Gasteiger partial charge on any atom is -0.497 e. The largest absolute Gasteiger partial charge is 0.497 e. The molecule has 0 aliphatic carbocycles. The van der Waals surface area contributed by atoms with Crippen LogP contribution in [0, 0.1) is 0 Å². The molecular weight excluding hydrogens is 415 g/mol. The Balaban J connectivity index is 0.00000288. The highest BCUT2D eigenvalue weighted by Crippen LogP contribution is 2.18. The summed E-state index contributed by atoms with van der Waals surface area (Å²) in [5.41, 5.74) is 8.10. The Morgan fingerprint density at radius 2 is 1.75 bits per heavy atom. The summed E-state index contributed by atoms with van der Waals surface area (Å²) >= 11 is 0. The molecule has 1 unspecified atom stereocenters. The van der Waals surface area contributed by atoms with Crippen molar-refractivity contribution >= 4 is 35.6 Å². The topological polar surface area (TPSA) is 62.9 Å². The van der Waals surface area contributed by atoms with Gasteiger partial charge in [-0.2, -0.15) is 0 Å². The zero-order chi connectivity index (χ0) is 16.7. The molecule has 0 heterocycles. The van der Waals surface area contributed by atoms with E-state index in [0.717, 1.165) is 11.4 Å². The zero-order valence-corrected chi connectivity index (χ0v) is 16.6. The summed E-state index contributed by atoms with van der Waals surface area (Å²) in [5, 5.41) is 3.09. The lowest BCUT2D eigenvalue weighted by atomic mass is 10.1. The number of nitrogens with one attached hydrogen (secondary N) is 1. The third-order valence-corrected chi connectivity index (χ3v) is 3.60. The van der Waals surface area contributed by atoms with Crippen molar-refractivity contribution in [2.24, 2.45) is 10.7 Å². The zero-order valence-electron chi connectivity index (χ0n) is 14.3. The van der Waals surface area contributed by atoms with Crippen molar-refractivity contribution in [3.8, 4) is 5.75 Å². The molecule has 24 heavy (non-hydrogen) atoms. The number of nitrogens with two attached hydrogens (primary N) is 1. The van der Waals surface area contributed by atoms with Gasteiger partial charge in [-0.15, -0.1) is 24.0 Å². The average molecular weight is 440 g/mol. The predicted octanol–water partition coefficient (Wildman–Crippen LogP) is 3.34. The first kappa shape index (κ1) is 20.2. The van der Waals surface area contributed by atoms with Gasteiger partial charge < -0.3 is 20.7 Å². The van der Waals surface area contributed by atoms with Crippen LogP contribution in [0.4, 0.5) is 5.69 Å². The molecule has 130 valence electrons. The van der Waals surface area contributed by atoms with Gasteiger partial charge >= 0.3 is 0 Å². The predicted molar refractivity (Wildman–Crippen MR) is 111 cm³/mol.